The van der Waals surface area contributed by atoms with E-state index in [1.807, 2.05) is 6.07 Å². The van der Waals surface area contributed by atoms with Crippen molar-refractivity contribution in [3.05, 3.63) is 0 Å². The van der Waals surface area contributed by atoms with E-state index in [0.717, 1.165) is 0 Å². The highest BCUT2D eigenvalue weighted by atomic mass is 19.3. The Balaban J connectivity index is 4.04. The van der Waals surface area contributed by atoms with Crippen LogP contribution in [0.3, 0.4) is 0 Å². The minimum absolute atomic E-state index is 0.251. The number of rotatable bonds is 3. The van der Waals surface area contributed by atoms with Crippen molar-refractivity contribution in [2.75, 3.05) is 0 Å². The van der Waals surface area contributed by atoms with Gasteiger partial charge in [-0.3, -0.25) is 0 Å². The van der Waals surface area contributed by atoms with Crippen LogP contribution in [0.2, 0.25) is 0 Å². The predicted molar refractivity (Wildman–Crippen MR) is 39.2 cm³/mol. The van der Waals surface area contributed by atoms with Crippen LogP contribution < -0.4 is 0 Å². The fraction of sp³-hybridized carbons (Fsp3) is 0.875. The maximum atomic E-state index is 12.2. The van der Waals surface area contributed by atoms with Crippen LogP contribution in [0.1, 0.15) is 27.2 Å². The zero-order chi connectivity index (χ0) is 9.07. The molecule has 64 valence electrons. The molecule has 1 nitrogen and oxygen atoms in total. The van der Waals surface area contributed by atoms with Gasteiger partial charge < -0.3 is 0 Å². The van der Waals surface area contributed by atoms with Crippen LogP contribution in [0.5, 0.6) is 0 Å². The lowest BCUT2D eigenvalue weighted by Gasteiger charge is -2.24. The second-order valence-electron chi connectivity index (χ2n) is 3.52. The molecule has 0 amide bonds. The van der Waals surface area contributed by atoms with E-state index in [-0.39, 0.29) is 12.3 Å². The average Bonchev–Trinajstić information content (AvgIpc) is 1.86. The molecule has 1 unspecified atom stereocenters. The highest BCUT2D eigenvalue weighted by Gasteiger charge is 2.30. The van der Waals surface area contributed by atoms with E-state index in [1.165, 1.54) is 13.8 Å². The first kappa shape index (κ1) is 10.3. The van der Waals surface area contributed by atoms with E-state index in [4.69, 9.17) is 5.26 Å². The van der Waals surface area contributed by atoms with Gasteiger partial charge >= 0.3 is 0 Å². The van der Waals surface area contributed by atoms with Crippen molar-refractivity contribution in [1.82, 2.24) is 0 Å². The normalized spacial score (nSPS) is 14.6. The molecule has 3 heteroatoms. The molecular weight excluding hydrogens is 148 g/mol. The molecule has 0 bridgehead atoms. The first-order valence-electron chi connectivity index (χ1n) is 3.58. The molecule has 0 fully saturated rings. The van der Waals surface area contributed by atoms with Crippen molar-refractivity contribution < 1.29 is 8.78 Å². The number of nitrogens with zero attached hydrogens (tertiary/aromatic N) is 1. The number of nitriles is 1. The summed E-state index contributed by atoms with van der Waals surface area (Å²) in [7, 11) is 0. The molecule has 0 aromatic heterocycles. The third-order valence-electron chi connectivity index (χ3n) is 1.64. The van der Waals surface area contributed by atoms with Crippen LogP contribution in [-0.4, -0.2) is 6.43 Å². The van der Waals surface area contributed by atoms with Crippen LogP contribution in [0.4, 0.5) is 8.78 Å². The van der Waals surface area contributed by atoms with E-state index in [0.29, 0.717) is 0 Å². The van der Waals surface area contributed by atoms with Crippen LogP contribution in [0.25, 0.3) is 0 Å². The minimum Gasteiger partial charge on any atom is -0.210 e. The SMILES string of the molecule is CC(C#N)CC(C)(C)C(F)F. The molecule has 0 aliphatic carbocycles. The van der Waals surface area contributed by atoms with E-state index in [2.05, 4.69) is 0 Å². The average molecular weight is 161 g/mol. The van der Waals surface area contributed by atoms with Gasteiger partial charge in [0.15, 0.2) is 0 Å². The Labute approximate surface area is 66.0 Å². The highest BCUT2D eigenvalue weighted by Crippen LogP contribution is 2.31. The van der Waals surface area contributed by atoms with Gasteiger partial charge in [-0.1, -0.05) is 13.8 Å². The van der Waals surface area contributed by atoms with Crippen molar-refractivity contribution in [2.24, 2.45) is 11.3 Å². The maximum Gasteiger partial charge on any atom is 0.243 e. The summed E-state index contributed by atoms with van der Waals surface area (Å²) in [5.74, 6) is -0.293. The Morgan fingerprint density at radius 3 is 2.18 bits per heavy atom. The summed E-state index contributed by atoms with van der Waals surface area (Å²) >= 11 is 0. The summed E-state index contributed by atoms with van der Waals surface area (Å²) in [6.45, 7) is 4.61. The van der Waals surface area contributed by atoms with Crippen molar-refractivity contribution in [3.8, 4) is 6.07 Å². The number of hydrogen-bond donors (Lipinski definition) is 0. The Hall–Kier alpha value is -0.650. The molecule has 0 heterocycles. The zero-order valence-electron chi connectivity index (χ0n) is 7.06. The molecule has 0 saturated carbocycles. The first-order valence-corrected chi connectivity index (χ1v) is 3.58. The topological polar surface area (TPSA) is 23.8 Å². The van der Waals surface area contributed by atoms with Gasteiger partial charge in [-0.25, -0.2) is 8.78 Å². The number of alkyl halides is 2. The standard InChI is InChI=1S/C8H13F2N/c1-6(5-11)4-8(2,3)7(9)10/h6-7H,4H2,1-3H3. The maximum absolute atomic E-state index is 12.2. The Kier molecular flexibility index (Phi) is 3.44. The largest absolute Gasteiger partial charge is 0.243 e. The fourth-order valence-electron chi connectivity index (χ4n) is 0.924. The molecule has 0 aliphatic heterocycles. The first-order chi connectivity index (χ1) is 4.90. The Morgan fingerprint density at radius 2 is 1.91 bits per heavy atom. The summed E-state index contributed by atoms with van der Waals surface area (Å²) < 4.78 is 24.4. The second kappa shape index (κ2) is 3.66. The smallest absolute Gasteiger partial charge is 0.210 e. The van der Waals surface area contributed by atoms with Gasteiger partial charge in [-0.2, -0.15) is 5.26 Å². The lowest BCUT2D eigenvalue weighted by molar-refractivity contribution is 0.00878. The molecule has 0 aliphatic rings. The van der Waals surface area contributed by atoms with Gasteiger partial charge in [-0.15, -0.1) is 0 Å². The molecule has 0 aromatic carbocycles. The molecular formula is C8H13F2N. The van der Waals surface area contributed by atoms with E-state index in [1.54, 1.807) is 6.92 Å². The molecule has 0 saturated heterocycles. The third kappa shape index (κ3) is 3.31. The Bertz CT molecular complexity index is 158. The number of hydrogen-bond acceptors (Lipinski definition) is 1. The summed E-state index contributed by atoms with van der Waals surface area (Å²) in [6.07, 6.45) is -2.10. The van der Waals surface area contributed by atoms with Gasteiger partial charge in [-0.05, 0) is 13.3 Å². The van der Waals surface area contributed by atoms with Crippen LogP contribution in [-0.2, 0) is 0 Å². The molecule has 11 heavy (non-hydrogen) atoms. The monoisotopic (exact) mass is 161 g/mol. The summed E-state index contributed by atoms with van der Waals surface area (Å²) in [6, 6.07) is 1.94. The predicted octanol–water partition coefficient (Wildman–Crippen LogP) is 2.83. The second-order valence-corrected chi connectivity index (χ2v) is 3.52. The number of halogens is 2. The molecule has 0 N–H and O–H groups in total. The lowest BCUT2D eigenvalue weighted by atomic mass is 9.84. The fourth-order valence-corrected chi connectivity index (χ4v) is 0.924. The quantitative estimate of drug-likeness (QED) is 0.624. The van der Waals surface area contributed by atoms with E-state index in [9.17, 15) is 8.78 Å². The van der Waals surface area contributed by atoms with Gasteiger partial charge in [0.05, 0.1) is 6.07 Å². The van der Waals surface area contributed by atoms with Crippen molar-refractivity contribution in [2.45, 2.75) is 33.6 Å². The van der Waals surface area contributed by atoms with Gasteiger partial charge in [0.2, 0.25) is 6.43 Å². The molecule has 0 rings (SSSR count). The van der Waals surface area contributed by atoms with Crippen LogP contribution >= 0.6 is 0 Å². The molecule has 1 atom stereocenters. The highest BCUT2D eigenvalue weighted by molar-refractivity contribution is 4.85. The van der Waals surface area contributed by atoms with E-state index >= 15 is 0 Å². The van der Waals surface area contributed by atoms with E-state index < -0.39 is 11.8 Å². The van der Waals surface area contributed by atoms with Crippen LogP contribution in [0.15, 0.2) is 0 Å². The van der Waals surface area contributed by atoms with Crippen LogP contribution in [0, 0.1) is 22.7 Å². The Morgan fingerprint density at radius 1 is 1.45 bits per heavy atom. The zero-order valence-corrected chi connectivity index (χ0v) is 7.06. The molecule has 0 aromatic rings. The van der Waals surface area contributed by atoms with Crippen molar-refractivity contribution in [1.29, 1.82) is 5.26 Å². The van der Waals surface area contributed by atoms with Gasteiger partial charge in [0, 0.05) is 11.3 Å². The summed E-state index contributed by atoms with van der Waals surface area (Å²) in [4.78, 5) is 0. The van der Waals surface area contributed by atoms with Gasteiger partial charge in [0.1, 0.15) is 0 Å². The lowest BCUT2D eigenvalue weighted by Crippen LogP contribution is -2.23. The molecule has 0 spiro atoms. The summed E-state index contributed by atoms with van der Waals surface area (Å²) in [5, 5.41) is 8.38. The third-order valence-corrected chi connectivity index (χ3v) is 1.64. The minimum atomic E-state index is -2.35. The van der Waals surface area contributed by atoms with Crippen molar-refractivity contribution >= 4 is 0 Å². The van der Waals surface area contributed by atoms with Crippen molar-refractivity contribution in [3.63, 3.8) is 0 Å². The van der Waals surface area contributed by atoms with Gasteiger partial charge in [0.25, 0.3) is 0 Å². The summed E-state index contributed by atoms with van der Waals surface area (Å²) in [5.41, 5.74) is -1.03. The molecule has 0 radical (unpaired) electrons.